The van der Waals surface area contributed by atoms with E-state index in [1.165, 1.54) is 34.7 Å². The van der Waals surface area contributed by atoms with Crippen LogP contribution in [-0.4, -0.2) is 47.1 Å². The summed E-state index contributed by atoms with van der Waals surface area (Å²) in [5.74, 6) is 0. The van der Waals surface area contributed by atoms with Gasteiger partial charge in [0.25, 0.3) is 0 Å². The Morgan fingerprint density at radius 3 is 2.45 bits per heavy atom. The van der Waals surface area contributed by atoms with Crippen molar-refractivity contribution in [2.24, 2.45) is 0 Å². The molecule has 2 aromatic rings. The average molecular weight is 458 g/mol. The summed E-state index contributed by atoms with van der Waals surface area (Å²) in [6.07, 6.45) is 2.79. The van der Waals surface area contributed by atoms with E-state index in [1.807, 2.05) is 0 Å². The molecular formula is C19H27N3O4S3. The summed E-state index contributed by atoms with van der Waals surface area (Å²) in [4.78, 5) is 3.95. The lowest BCUT2D eigenvalue weighted by Crippen LogP contribution is -2.41. The molecule has 7 nitrogen and oxygen atoms in total. The molecule has 1 aliphatic rings. The molecule has 0 bridgehead atoms. The molecule has 160 valence electrons. The molecule has 2 atom stereocenters. The second-order valence-corrected chi connectivity index (χ2v) is 11.9. The zero-order valence-corrected chi connectivity index (χ0v) is 19.2. The number of nitrogens with one attached hydrogen (secondary N) is 2. The summed E-state index contributed by atoms with van der Waals surface area (Å²) in [7, 11) is -7.03. The van der Waals surface area contributed by atoms with Crippen LogP contribution in [0.3, 0.4) is 0 Å². The normalized spacial score (nSPS) is 20.4. The predicted octanol–water partition coefficient (Wildman–Crippen LogP) is 2.80. The number of hydrogen-bond donors (Lipinski definition) is 2. The summed E-state index contributed by atoms with van der Waals surface area (Å²) >= 11 is 1.79. The summed E-state index contributed by atoms with van der Waals surface area (Å²) < 4.78 is 52.4. The first kappa shape index (κ1) is 22.2. The third-order valence-corrected chi connectivity index (χ3v) is 8.30. The Morgan fingerprint density at radius 2 is 1.79 bits per heavy atom. The van der Waals surface area contributed by atoms with E-state index in [1.54, 1.807) is 11.3 Å². The van der Waals surface area contributed by atoms with Crippen LogP contribution in [0.4, 0.5) is 5.69 Å². The lowest BCUT2D eigenvalue weighted by molar-refractivity contribution is 0.140. The first-order valence-corrected chi connectivity index (χ1v) is 13.7. The Labute approximate surface area is 177 Å². The quantitative estimate of drug-likeness (QED) is 0.595. The number of benzene rings is 1. The van der Waals surface area contributed by atoms with Gasteiger partial charge in [0.05, 0.1) is 11.2 Å². The Balaban J connectivity index is 1.53. The van der Waals surface area contributed by atoms with Gasteiger partial charge in [-0.3, -0.25) is 9.62 Å². The topological polar surface area (TPSA) is 95.6 Å². The molecule has 1 aromatic heterocycles. The Morgan fingerprint density at radius 1 is 1.10 bits per heavy atom. The van der Waals surface area contributed by atoms with E-state index in [-0.39, 0.29) is 4.90 Å². The number of thiophene rings is 1. The second-order valence-electron chi connectivity index (χ2n) is 7.43. The van der Waals surface area contributed by atoms with E-state index in [0.29, 0.717) is 30.7 Å². The summed E-state index contributed by atoms with van der Waals surface area (Å²) in [6.45, 7) is 5.59. The van der Waals surface area contributed by atoms with Crippen molar-refractivity contribution in [1.29, 1.82) is 0 Å². The van der Waals surface area contributed by atoms with Gasteiger partial charge < -0.3 is 0 Å². The van der Waals surface area contributed by atoms with Gasteiger partial charge in [0, 0.05) is 35.7 Å². The van der Waals surface area contributed by atoms with E-state index in [2.05, 4.69) is 39.6 Å². The lowest BCUT2D eigenvalue weighted by atomic mass is 9.96. The second kappa shape index (κ2) is 8.73. The van der Waals surface area contributed by atoms with E-state index in [9.17, 15) is 16.8 Å². The van der Waals surface area contributed by atoms with Crippen LogP contribution >= 0.6 is 11.3 Å². The van der Waals surface area contributed by atoms with Gasteiger partial charge in [0.15, 0.2) is 0 Å². The maximum absolute atomic E-state index is 12.5. The van der Waals surface area contributed by atoms with Crippen LogP contribution in [0.5, 0.6) is 0 Å². The van der Waals surface area contributed by atoms with Crippen molar-refractivity contribution in [1.82, 2.24) is 9.62 Å². The smallest absolute Gasteiger partial charge is 0.240 e. The molecule has 29 heavy (non-hydrogen) atoms. The Hall–Kier alpha value is -1.46. The fourth-order valence-corrected chi connectivity index (χ4v) is 6.38. The van der Waals surface area contributed by atoms with Crippen LogP contribution < -0.4 is 9.44 Å². The molecule has 1 aromatic carbocycles. The number of sulfonamides is 2. The Bertz CT molecular complexity index is 1050. The molecule has 0 unspecified atom stereocenters. The summed E-state index contributed by atoms with van der Waals surface area (Å²) in [6, 6.07) is 8.64. The van der Waals surface area contributed by atoms with Crippen molar-refractivity contribution >= 4 is 37.1 Å². The number of anilines is 1. The number of rotatable bonds is 8. The highest BCUT2D eigenvalue weighted by Crippen LogP contribution is 2.36. The SMILES string of the molecule is C[C@@H]1Cc2ccsc2[C@H](C)N1CCCNS(=O)(=O)c1ccc(NS(C)(=O)=O)cc1. The number of fused-ring (bicyclic) bond motifs is 1. The molecule has 0 saturated carbocycles. The van der Waals surface area contributed by atoms with Crippen LogP contribution in [-0.2, 0) is 26.5 Å². The van der Waals surface area contributed by atoms with E-state index in [4.69, 9.17) is 0 Å². The number of hydrogen-bond acceptors (Lipinski definition) is 6. The Kier molecular flexibility index (Phi) is 6.69. The highest BCUT2D eigenvalue weighted by Gasteiger charge is 2.29. The van der Waals surface area contributed by atoms with Gasteiger partial charge >= 0.3 is 0 Å². The molecule has 0 saturated heterocycles. The molecule has 2 N–H and O–H groups in total. The molecule has 1 aliphatic heterocycles. The zero-order valence-electron chi connectivity index (χ0n) is 16.8. The van der Waals surface area contributed by atoms with Gasteiger partial charge in [0.1, 0.15) is 0 Å². The van der Waals surface area contributed by atoms with Gasteiger partial charge in [-0.05, 0) is 68.0 Å². The van der Waals surface area contributed by atoms with Crippen molar-refractivity contribution < 1.29 is 16.8 Å². The zero-order chi connectivity index (χ0) is 21.2. The predicted molar refractivity (Wildman–Crippen MR) is 117 cm³/mol. The van der Waals surface area contributed by atoms with E-state index in [0.717, 1.165) is 19.2 Å². The van der Waals surface area contributed by atoms with Crippen LogP contribution in [0.2, 0.25) is 0 Å². The van der Waals surface area contributed by atoms with E-state index >= 15 is 0 Å². The molecule has 0 radical (unpaired) electrons. The first-order valence-electron chi connectivity index (χ1n) is 9.46. The standard InChI is InChI=1S/C19H27N3O4S3/c1-14-13-16-9-12-27-19(16)15(2)22(14)11-4-10-20-29(25,26)18-7-5-17(6-8-18)21-28(3,23)24/h5-9,12,14-15,20-21H,4,10-11,13H2,1-3H3/t14-,15+/m1/s1. The van der Waals surface area contributed by atoms with Gasteiger partial charge in [-0.2, -0.15) is 0 Å². The molecular weight excluding hydrogens is 430 g/mol. The van der Waals surface area contributed by atoms with Gasteiger partial charge in [-0.1, -0.05) is 0 Å². The van der Waals surface area contributed by atoms with Crippen molar-refractivity contribution in [2.75, 3.05) is 24.1 Å². The largest absolute Gasteiger partial charge is 0.293 e. The summed E-state index contributed by atoms with van der Waals surface area (Å²) in [5.41, 5.74) is 1.76. The fraction of sp³-hybridized carbons (Fsp3) is 0.474. The maximum atomic E-state index is 12.5. The third-order valence-electron chi connectivity index (χ3n) is 5.09. The minimum Gasteiger partial charge on any atom is -0.293 e. The van der Waals surface area contributed by atoms with Gasteiger partial charge in [-0.25, -0.2) is 21.6 Å². The van der Waals surface area contributed by atoms with Crippen molar-refractivity contribution in [3.05, 3.63) is 46.2 Å². The van der Waals surface area contributed by atoms with Gasteiger partial charge in [0.2, 0.25) is 20.0 Å². The monoisotopic (exact) mass is 457 g/mol. The van der Waals surface area contributed by atoms with Crippen LogP contribution in [0, 0.1) is 0 Å². The highest BCUT2D eigenvalue weighted by molar-refractivity contribution is 7.92. The van der Waals surface area contributed by atoms with Crippen molar-refractivity contribution in [3.63, 3.8) is 0 Å². The molecule has 2 heterocycles. The first-order chi connectivity index (χ1) is 13.6. The minimum atomic E-state index is -3.63. The van der Waals surface area contributed by atoms with Crippen LogP contribution in [0.1, 0.15) is 36.8 Å². The van der Waals surface area contributed by atoms with Crippen molar-refractivity contribution in [2.45, 2.75) is 43.7 Å². The fourth-order valence-electron chi connectivity index (χ4n) is 3.73. The molecule has 3 rings (SSSR count). The van der Waals surface area contributed by atoms with Crippen LogP contribution in [0.25, 0.3) is 0 Å². The van der Waals surface area contributed by atoms with Crippen molar-refractivity contribution in [3.8, 4) is 0 Å². The van der Waals surface area contributed by atoms with Gasteiger partial charge in [-0.15, -0.1) is 11.3 Å². The molecule has 10 heteroatoms. The lowest BCUT2D eigenvalue weighted by Gasteiger charge is -2.38. The van der Waals surface area contributed by atoms with Crippen LogP contribution in [0.15, 0.2) is 40.6 Å². The number of nitrogens with zero attached hydrogens (tertiary/aromatic N) is 1. The highest BCUT2D eigenvalue weighted by atomic mass is 32.2. The minimum absolute atomic E-state index is 0.111. The molecule has 0 aliphatic carbocycles. The maximum Gasteiger partial charge on any atom is 0.240 e. The summed E-state index contributed by atoms with van der Waals surface area (Å²) in [5, 5.41) is 2.14. The van der Waals surface area contributed by atoms with E-state index < -0.39 is 20.0 Å². The average Bonchev–Trinajstić information content (AvgIpc) is 3.08. The molecule has 0 spiro atoms. The third kappa shape index (κ3) is 5.58. The molecule has 0 amide bonds. The molecule has 0 fully saturated rings.